The predicted octanol–water partition coefficient (Wildman–Crippen LogP) is 3.34. The number of amides is 1. The highest BCUT2D eigenvalue weighted by atomic mass is 16.2. The maximum atomic E-state index is 13.2. The van der Waals surface area contributed by atoms with E-state index in [4.69, 9.17) is 5.41 Å². The van der Waals surface area contributed by atoms with Crippen LogP contribution >= 0.6 is 0 Å². The number of rotatable bonds is 9. The van der Waals surface area contributed by atoms with Crippen molar-refractivity contribution in [2.24, 2.45) is 5.10 Å². The summed E-state index contributed by atoms with van der Waals surface area (Å²) in [5.74, 6) is 0.525. The van der Waals surface area contributed by atoms with Gasteiger partial charge in [0.05, 0.1) is 22.9 Å². The summed E-state index contributed by atoms with van der Waals surface area (Å²) in [5.41, 5.74) is 5.95. The van der Waals surface area contributed by atoms with Gasteiger partial charge in [-0.2, -0.15) is 5.10 Å². The van der Waals surface area contributed by atoms with Gasteiger partial charge in [0.1, 0.15) is 5.82 Å². The van der Waals surface area contributed by atoms with E-state index in [1.54, 1.807) is 30.3 Å². The molecule has 9 heteroatoms. The number of aryl methyl sites for hydroxylation is 1. The zero-order valence-electron chi connectivity index (χ0n) is 17.8. The number of pyridine rings is 3. The molecule has 0 radical (unpaired) electrons. The summed E-state index contributed by atoms with van der Waals surface area (Å²) < 4.78 is 0. The number of anilines is 2. The molecule has 1 amide bonds. The first kappa shape index (κ1) is 21.8. The molecule has 0 bridgehead atoms. The van der Waals surface area contributed by atoms with Crippen molar-refractivity contribution in [2.75, 3.05) is 24.3 Å². The van der Waals surface area contributed by atoms with Crippen LogP contribution in [-0.4, -0.2) is 57.8 Å². The number of hydrazone groups is 1. The number of fused-ring (bicyclic) bond motifs is 1. The minimum atomic E-state index is -0.208. The summed E-state index contributed by atoms with van der Waals surface area (Å²) in [7, 11) is 1.77. The average molecular weight is 419 g/mol. The molecule has 0 fully saturated rings. The minimum Gasteiger partial charge on any atom is -0.368 e. The highest BCUT2D eigenvalue weighted by molar-refractivity contribution is 6.14. The Bertz CT molecular complexity index is 1100. The fourth-order valence-corrected chi connectivity index (χ4v) is 3.12. The van der Waals surface area contributed by atoms with Crippen molar-refractivity contribution in [3.63, 3.8) is 0 Å². The first-order valence-corrected chi connectivity index (χ1v) is 10.0. The van der Waals surface area contributed by atoms with Gasteiger partial charge in [-0.25, -0.2) is 9.97 Å². The third-order valence-electron chi connectivity index (χ3n) is 4.89. The summed E-state index contributed by atoms with van der Waals surface area (Å²) in [6.07, 6.45) is 4.84. The zero-order chi connectivity index (χ0) is 22.2. The van der Waals surface area contributed by atoms with E-state index in [-0.39, 0.29) is 17.6 Å². The second-order valence-corrected chi connectivity index (χ2v) is 7.00. The summed E-state index contributed by atoms with van der Waals surface area (Å²) in [5, 5.41) is 14.3. The molecule has 160 valence electrons. The highest BCUT2D eigenvalue weighted by Gasteiger charge is 2.23. The van der Waals surface area contributed by atoms with E-state index in [2.05, 4.69) is 30.8 Å². The lowest BCUT2D eigenvalue weighted by atomic mass is 10.1. The fourth-order valence-electron chi connectivity index (χ4n) is 3.12. The number of nitrogens with zero attached hydrogens (tertiary/aromatic N) is 5. The van der Waals surface area contributed by atoms with Crippen molar-refractivity contribution < 1.29 is 4.79 Å². The molecule has 3 rings (SSSR count). The molecule has 0 aliphatic heterocycles. The molecule has 0 aromatic carbocycles. The number of aromatic nitrogens is 3. The Hall–Kier alpha value is -3.88. The monoisotopic (exact) mass is 418 g/mol. The van der Waals surface area contributed by atoms with Gasteiger partial charge in [0, 0.05) is 37.7 Å². The van der Waals surface area contributed by atoms with Crippen LogP contribution in [0.15, 0.2) is 47.7 Å². The summed E-state index contributed by atoms with van der Waals surface area (Å²) in [4.78, 5) is 28.2. The van der Waals surface area contributed by atoms with Crippen LogP contribution < -0.4 is 10.7 Å². The van der Waals surface area contributed by atoms with E-state index in [1.807, 2.05) is 38.1 Å². The van der Waals surface area contributed by atoms with Gasteiger partial charge in [0.15, 0.2) is 5.69 Å². The van der Waals surface area contributed by atoms with Crippen molar-refractivity contribution in [3.05, 3.63) is 54.0 Å². The Morgan fingerprint density at radius 3 is 2.84 bits per heavy atom. The maximum absolute atomic E-state index is 13.2. The predicted molar refractivity (Wildman–Crippen MR) is 124 cm³/mol. The van der Waals surface area contributed by atoms with Gasteiger partial charge in [-0.1, -0.05) is 6.92 Å². The Kier molecular flexibility index (Phi) is 7.21. The number of nitrogens with one attached hydrogen (secondary N) is 3. The summed E-state index contributed by atoms with van der Waals surface area (Å²) in [6.45, 7) is 4.41. The van der Waals surface area contributed by atoms with E-state index in [1.165, 1.54) is 6.21 Å². The molecule has 0 saturated heterocycles. The summed E-state index contributed by atoms with van der Waals surface area (Å²) in [6, 6.07) is 11.1. The van der Waals surface area contributed by atoms with Crippen LogP contribution in [0.2, 0.25) is 0 Å². The molecule has 0 aliphatic carbocycles. The lowest BCUT2D eigenvalue weighted by Gasteiger charge is -2.28. The first-order valence-electron chi connectivity index (χ1n) is 10.0. The largest absolute Gasteiger partial charge is 0.368 e. The Morgan fingerprint density at radius 1 is 1.23 bits per heavy atom. The van der Waals surface area contributed by atoms with Gasteiger partial charge < -0.3 is 15.6 Å². The fraction of sp³-hybridized carbons (Fsp3) is 0.273. The van der Waals surface area contributed by atoms with Crippen LogP contribution in [0.5, 0.6) is 0 Å². The molecule has 0 spiro atoms. The number of carbonyl (C=O) groups is 1. The lowest BCUT2D eigenvalue weighted by molar-refractivity contribution is 0.0731. The van der Waals surface area contributed by atoms with E-state index < -0.39 is 0 Å². The molecule has 0 saturated carbocycles. The number of carbonyl (C=O) groups excluding carboxylic acids is 1. The number of likely N-dealkylation sites (N-methyl/N-ethyl adjacent to an activating group) is 1. The molecule has 3 aromatic heterocycles. The van der Waals surface area contributed by atoms with Gasteiger partial charge in [-0.3, -0.25) is 15.2 Å². The lowest BCUT2D eigenvalue weighted by Crippen LogP contribution is -2.41. The van der Waals surface area contributed by atoms with Gasteiger partial charge >= 0.3 is 0 Å². The van der Waals surface area contributed by atoms with E-state index in [0.29, 0.717) is 12.2 Å². The van der Waals surface area contributed by atoms with Crippen LogP contribution in [0, 0.1) is 12.3 Å². The molecular weight excluding hydrogens is 392 g/mol. The van der Waals surface area contributed by atoms with E-state index >= 15 is 0 Å². The smallest absolute Gasteiger partial charge is 0.274 e. The molecular formula is C22H26N8O. The van der Waals surface area contributed by atoms with E-state index in [0.717, 1.165) is 35.2 Å². The first-order chi connectivity index (χ1) is 15.0. The number of hydrogen-bond acceptors (Lipinski definition) is 8. The van der Waals surface area contributed by atoms with Gasteiger partial charge in [0.2, 0.25) is 0 Å². The van der Waals surface area contributed by atoms with Crippen LogP contribution in [0.4, 0.5) is 11.5 Å². The third kappa shape index (κ3) is 5.39. The average Bonchev–Trinajstić information content (AvgIpc) is 2.79. The topological polar surface area (TPSA) is 119 Å². The Morgan fingerprint density at radius 2 is 2.06 bits per heavy atom. The highest BCUT2D eigenvalue weighted by Crippen LogP contribution is 2.18. The molecule has 31 heavy (non-hydrogen) atoms. The standard InChI is InChI=1S/C22H26N8O/c1-4-16(14-25-20-10-9-17-18(28-20)6-5-12-24-17)30(3)22(31)21-19(29-26-13-11-23)8-7-15(2)27-21/h5-13,16,23,29H,4,14H2,1-3H3,(H,25,28)/b23-11?,26-13-. The van der Waals surface area contributed by atoms with Crippen LogP contribution in [-0.2, 0) is 0 Å². The van der Waals surface area contributed by atoms with Crippen LogP contribution in [0.1, 0.15) is 29.5 Å². The molecule has 0 aliphatic rings. The molecule has 3 aromatic rings. The van der Waals surface area contributed by atoms with Crippen LogP contribution in [0.3, 0.4) is 0 Å². The third-order valence-corrected chi connectivity index (χ3v) is 4.89. The van der Waals surface area contributed by atoms with Crippen molar-refractivity contribution in [3.8, 4) is 0 Å². The maximum Gasteiger partial charge on any atom is 0.274 e. The molecule has 9 nitrogen and oxygen atoms in total. The second kappa shape index (κ2) is 10.2. The number of hydrogen-bond donors (Lipinski definition) is 3. The summed E-state index contributed by atoms with van der Waals surface area (Å²) >= 11 is 0. The quantitative estimate of drug-likeness (QED) is 0.362. The Labute approximate surface area is 181 Å². The van der Waals surface area contributed by atoms with Crippen molar-refractivity contribution >= 4 is 40.9 Å². The van der Waals surface area contributed by atoms with Crippen molar-refractivity contribution in [1.82, 2.24) is 19.9 Å². The normalized spacial score (nSPS) is 12.0. The van der Waals surface area contributed by atoms with Crippen molar-refractivity contribution in [2.45, 2.75) is 26.3 Å². The van der Waals surface area contributed by atoms with Crippen molar-refractivity contribution in [1.29, 1.82) is 5.41 Å². The Balaban J connectivity index is 1.74. The van der Waals surface area contributed by atoms with Gasteiger partial charge in [-0.05, 0) is 49.7 Å². The van der Waals surface area contributed by atoms with Gasteiger partial charge in [-0.15, -0.1) is 0 Å². The zero-order valence-corrected chi connectivity index (χ0v) is 17.8. The van der Waals surface area contributed by atoms with Gasteiger partial charge in [0.25, 0.3) is 5.91 Å². The minimum absolute atomic E-state index is 0.0702. The van der Waals surface area contributed by atoms with Crippen LogP contribution in [0.25, 0.3) is 11.0 Å². The second-order valence-electron chi connectivity index (χ2n) is 7.00. The molecule has 1 atom stereocenters. The van der Waals surface area contributed by atoms with E-state index in [9.17, 15) is 4.79 Å². The molecule has 3 heterocycles. The molecule has 1 unspecified atom stereocenters. The molecule has 3 N–H and O–H groups in total. The SMILES string of the molecule is CCC(CNc1ccc2ncccc2n1)N(C)C(=O)c1nc(C)ccc1N/N=C\C=N.